The van der Waals surface area contributed by atoms with E-state index < -0.39 is 11.9 Å². The quantitative estimate of drug-likeness (QED) is 0.841. The molecular weight excluding hydrogens is 316 g/mol. The number of rotatable bonds is 3. The minimum Gasteiger partial charge on any atom is -0.478 e. The first kappa shape index (κ1) is 13.2. The van der Waals surface area contributed by atoms with E-state index in [1.165, 1.54) is 30.5 Å². The average Bonchev–Trinajstić information content (AvgIpc) is 2.38. The first-order valence-electron chi connectivity index (χ1n) is 5.08. The number of hydrogen-bond acceptors (Lipinski definition) is 4. The number of carboxylic acids is 2. The van der Waals surface area contributed by atoms with Crippen LogP contribution in [0.1, 0.15) is 20.7 Å². The summed E-state index contributed by atoms with van der Waals surface area (Å²) in [6.07, 6.45) is 1.34. The summed E-state index contributed by atoms with van der Waals surface area (Å²) in [5.74, 6) is -2.18. The Kier molecular flexibility index (Phi) is 3.57. The molecular formula is C12H7BrN2O4. The molecule has 0 atom stereocenters. The number of carboxylic acid groups (broad SMARTS) is 2. The van der Waals surface area contributed by atoms with E-state index in [-0.39, 0.29) is 16.8 Å². The zero-order valence-corrected chi connectivity index (χ0v) is 11.0. The lowest BCUT2D eigenvalue weighted by molar-refractivity contribution is 0.0685. The highest BCUT2D eigenvalue weighted by Crippen LogP contribution is 2.20. The summed E-state index contributed by atoms with van der Waals surface area (Å²) in [6.45, 7) is 0. The maximum Gasteiger partial charge on any atom is 0.335 e. The summed E-state index contributed by atoms with van der Waals surface area (Å²) in [4.78, 5) is 29.9. The Labute approximate surface area is 115 Å². The SMILES string of the molecule is O=C(O)c1ccnc(-c2cc(C(=O)O)cc(Br)n2)c1. The van der Waals surface area contributed by atoms with Crippen LogP contribution in [-0.4, -0.2) is 32.1 Å². The summed E-state index contributed by atoms with van der Waals surface area (Å²) >= 11 is 3.11. The van der Waals surface area contributed by atoms with Crippen LogP contribution in [0.4, 0.5) is 0 Å². The van der Waals surface area contributed by atoms with Crippen LogP contribution in [0.25, 0.3) is 11.4 Å². The van der Waals surface area contributed by atoms with Crippen molar-refractivity contribution < 1.29 is 19.8 Å². The molecule has 19 heavy (non-hydrogen) atoms. The van der Waals surface area contributed by atoms with Gasteiger partial charge in [-0.25, -0.2) is 14.6 Å². The molecule has 0 aliphatic rings. The Balaban J connectivity index is 2.55. The molecule has 2 rings (SSSR count). The Morgan fingerprint density at radius 3 is 2.26 bits per heavy atom. The van der Waals surface area contributed by atoms with E-state index in [4.69, 9.17) is 10.2 Å². The van der Waals surface area contributed by atoms with Crippen molar-refractivity contribution in [3.63, 3.8) is 0 Å². The highest BCUT2D eigenvalue weighted by Gasteiger charge is 2.11. The molecule has 0 saturated carbocycles. The third kappa shape index (κ3) is 2.94. The molecule has 0 spiro atoms. The van der Waals surface area contributed by atoms with Crippen LogP contribution in [0.2, 0.25) is 0 Å². The van der Waals surface area contributed by atoms with Gasteiger partial charge in [-0.05, 0) is 40.2 Å². The maximum atomic E-state index is 10.9. The topological polar surface area (TPSA) is 100 Å². The van der Waals surface area contributed by atoms with Crippen LogP contribution in [0.5, 0.6) is 0 Å². The highest BCUT2D eigenvalue weighted by molar-refractivity contribution is 9.10. The summed E-state index contributed by atoms with van der Waals surface area (Å²) in [5.41, 5.74) is 0.682. The van der Waals surface area contributed by atoms with Crippen LogP contribution in [0, 0.1) is 0 Å². The molecule has 6 nitrogen and oxygen atoms in total. The Morgan fingerprint density at radius 2 is 1.63 bits per heavy atom. The maximum absolute atomic E-state index is 10.9. The number of nitrogens with zero attached hydrogens (tertiary/aromatic N) is 2. The number of carbonyl (C=O) groups is 2. The number of halogens is 1. The molecule has 0 fully saturated rings. The second-order valence-corrected chi connectivity index (χ2v) is 4.42. The average molecular weight is 323 g/mol. The molecule has 2 aromatic heterocycles. The lowest BCUT2D eigenvalue weighted by Gasteiger charge is -2.04. The van der Waals surface area contributed by atoms with E-state index in [0.29, 0.717) is 10.3 Å². The lowest BCUT2D eigenvalue weighted by Crippen LogP contribution is -2.01. The fourth-order valence-electron chi connectivity index (χ4n) is 1.46. The van der Waals surface area contributed by atoms with Crippen molar-refractivity contribution in [3.8, 4) is 11.4 Å². The van der Waals surface area contributed by atoms with Crippen LogP contribution >= 0.6 is 15.9 Å². The number of aromatic carboxylic acids is 2. The first-order chi connectivity index (χ1) is 8.97. The molecule has 2 heterocycles. The zero-order chi connectivity index (χ0) is 14.0. The number of hydrogen-bond donors (Lipinski definition) is 2. The zero-order valence-electron chi connectivity index (χ0n) is 9.37. The van der Waals surface area contributed by atoms with Crippen molar-refractivity contribution in [3.05, 3.63) is 46.2 Å². The fraction of sp³-hybridized carbons (Fsp3) is 0. The van der Waals surface area contributed by atoms with Crippen molar-refractivity contribution in [1.82, 2.24) is 9.97 Å². The van der Waals surface area contributed by atoms with Crippen LogP contribution < -0.4 is 0 Å². The minimum absolute atomic E-state index is 0.0411. The molecule has 0 aromatic carbocycles. The Hall–Kier alpha value is -2.28. The predicted molar refractivity (Wildman–Crippen MR) is 69.1 cm³/mol. The monoisotopic (exact) mass is 322 g/mol. The Bertz CT molecular complexity index is 673. The van der Waals surface area contributed by atoms with Gasteiger partial charge in [0.15, 0.2) is 0 Å². The van der Waals surface area contributed by atoms with Gasteiger partial charge in [0, 0.05) is 6.20 Å². The van der Waals surface area contributed by atoms with E-state index in [1.54, 1.807) is 0 Å². The molecule has 0 aliphatic heterocycles. The lowest BCUT2D eigenvalue weighted by atomic mass is 10.1. The molecule has 0 aliphatic carbocycles. The smallest absolute Gasteiger partial charge is 0.335 e. The van der Waals surface area contributed by atoms with E-state index in [1.807, 2.05) is 0 Å². The summed E-state index contributed by atoms with van der Waals surface area (Å²) in [7, 11) is 0. The van der Waals surface area contributed by atoms with Gasteiger partial charge in [-0.1, -0.05) is 0 Å². The molecule has 0 saturated heterocycles. The van der Waals surface area contributed by atoms with Gasteiger partial charge in [-0.3, -0.25) is 4.98 Å². The predicted octanol–water partition coefficient (Wildman–Crippen LogP) is 2.30. The third-order valence-corrected chi connectivity index (χ3v) is 2.72. The van der Waals surface area contributed by atoms with Crippen LogP contribution in [-0.2, 0) is 0 Å². The van der Waals surface area contributed by atoms with Gasteiger partial charge in [0.2, 0.25) is 0 Å². The van der Waals surface area contributed by atoms with Crippen molar-refractivity contribution >= 4 is 27.9 Å². The van der Waals surface area contributed by atoms with Gasteiger partial charge in [0.05, 0.1) is 22.5 Å². The van der Waals surface area contributed by atoms with Crippen molar-refractivity contribution in [2.75, 3.05) is 0 Å². The molecule has 0 radical (unpaired) electrons. The summed E-state index contributed by atoms with van der Waals surface area (Å²) in [5, 5.41) is 17.9. The molecule has 0 bridgehead atoms. The highest BCUT2D eigenvalue weighted by atomic mass is 79.9. The van der Waals surface area contributed by atoms with Crippen molar-refractivity contribution in [2.45, 2.75) is 0 Å². The summed E-state index contributed by atoms with van der Waals surface area (Å²) in [6, 6.07) is 5.37. The number of pyridine rings is 2. The standard InChI is InChI=1S/C12H7BrN2O4/c13-10-5-7(12(18)19)4-9(15-10)8-3-6(11(16)17)1-2-14-8/h1-5H,(H,16,17)(H,18,19). The van der Waals surface area contributed by atoms with Gasteiger partial charge in [-0.15, -0.1) is 0 Å². The van der Waals surface area contributed by atoms with Crippen LogP contribution in [0.3, 0.4) is 0 Å². The summed E-state index contributed by atoms with van der Waals surface area (Å²) < 4.78 is 0.338. The molecule has 2 aromatic rings. The van der Waals surface area contributed by atoms with Crippen molar-refractivity contribution in [2.24, 2.45) is 0 Å². The van der Waals surface area contributed by atoms with Gasteiger partial charge < -0.3 is 10.2 Å². The molecule has 2 N–H and O–H groups in total. The molecule has 7 heteroatoms. The second-order valence-electron chi connectivity index (χ2n) is 3.60. The minimum atomic E-state index is -1.10. The fourth-order valence-corrected chi connectivity index (χ4v) is 1.89. The number of aromatic nitrogens is 2. The van der Waals surface area contributed by atoms with Gasteiger partial charge >= 0.3 is 11.9 Å². The molecule has 96 valence electrons. The third-order valence-electron chi connectivity index (χ3n) is 2.31. The largest absolute Gasteiger partial charge is 0.478 e. The molecule has 0 amide bonds. The Morgan fingerprint density at radius 1 is 1.00 bits per heavy atom. The van der Waals surface area contributed by atoms with Gasteiger partial charge in [0.1, 0.15) is 4.60 Å². The second kappa shape index (κ2) is 5.15. The van der Waals surface area contributed by atoms with Gasteiger partial charge in [0.25, 0.3) is 0 Å². The van der Waals surface area contributed by atoms with Gasteiger partial charge in [-0.2, -0.15) is 0 Å². The normalized spacial score (nSPS) is 10.2. The van der Waals surface area contributed by atoms with E-state index in [2.05, 4.69) is 25.9 Å². The van der Waals surface area contributed by atoms with E-state index >= 15 is 0 Å². The van der Waals surface area contributed by atoms with E-state index in [9.17, 15) is 9.59 Å². The first-order valence-corrected chi connectivity index (χ1v) is 5.87. The van der Waals surface area contributed by atoms with Crippen LogP contribution in [0.15, 0.2) is 35.1 Å². The van der Waals surface area contributed by atoms with E-state index in [0.717, 1.165) is 0 Å². The molecule has 0 unspecified atom stereocenters. The van der Waals surface area contributed by atoms with Crippen molar-refractivity contribution in [1.29, 1.82) is 0 Å².